The minimum atomic E-state index is -0.611. The standard InChI is InChI=1S/C15H22N2O3/c1-19-10-9-17(8-4-7-16)12-15(18)13-5-3-6-14(11-13)20-2/h3,5-6,11,15,18H,4,8-10,12H2,1-2H3. The van der Waals surface area contributed by atoms with E-state index >= 15 is 0 Å². The van der Waals surface area contributed by atoms with Crippen molar-refractivity contribution in [1.82, 2.24) is 4.90 Å². The van der Waals surface area contributed by atoms with E-state index < -0.39 is 6.10 Å². The number of nitrogens with zero attached hydrogens (tertiary/aromatic N) is 2. The molecular formula is C15H22N2O3. The topological polar surface area (TPSA) is 65.7 Å². The molecule has 0 heterocycles. The maximum atomic E-state index is 10.3. The molecule has 110 valence electrons. The smallest absolute Gasteiger partial charge is 0.119 e. The van der Waals surface area contributed by atoms with Crippen LogP contribution < -0.4 is 4.74 Å². The van der Waals surface area contributed by atoms with Crippen molar-refractivity contribution in [2.75, 3.05) is 40.5 Å². The lowest BCUT2D eigenvalue weighted by molar-refractivity contribution is 0.0900. The highest BCUT2D eigenvalue weighted by atomic mass is 16.5. The monoisotopic (exact) mass is 278 g/mol. The van der Waals surface area contributed by atoms with Crippen molar-refractivity contribution in [1.29, 1.82) is 5.26 Å². The molecule has 1 atom stereocenters. The summed E-state index contributed by atoms with van der Waals surface area (Å²) >= 11 is 0. The zero-order valence-electron chi connectivity index (χ0n) is 12.1. The number of aliphatic hydroxyl groups excluding tert-OH is 1. The van der Waals surface area contributed by atoms with Gasteiger partial charge in [-0.1, -0.05) is 12.1 Å². The van der Waals surface area contributed by atoms with Crippen molar-refractivity contribution in [3.8, 4) is 11.8 Å². The summed E-state index contributed by atoms with van der Waals surface area (Å²) in [7, 11) is 3.24. The van der Waals surface area contributed by atoms with Crippen LogP contribution in [-0.4, -0.2) is 50.5 Å². The molecule has 0 aliphatic rings. The molecular weight excluding hydrogens is 256 g/mol. The Labute approximate surface area is 120 Å². The van der Waals surface area contributed by atoms with E-state index in [4.69, 9.17) is 14.7 Å². The number of benzene rings is 1. The van der Waals surface area contributed by atoms with Gasteiger partial charge in [0.05, 0.1) is 25.9 Å². The molecule has 20 heavy (non-hydrogen) atoms. The van der Waals surface area contributed by atoms with Gasteiger partial charge in [0.1, 0.15) is 5.75 Å². The fourth-order valence-corrected chi connectivity index (χ4v) is 1.92. The lowest BCUT2D eigenvalue weighted by atomic mass is 10.1. The second kappa shape index (κ2) is 9.32. The van der Waals surface area contributed by atoms with Crippen LogP contribution in [0.15, 0.2) is 24.3 Å². The first-order valence-electron chi connectivity index (χ1n) is 6.61. The average molecular weight is 278 g/mol. The van der Waals surface area contributed by atoms with Gasteiger partial charge in [-0.3, -0.25) is 4.90 Å². The highest BCUT2D eigenvalue weighted by Gasteiger charge is 2.14. The summed E-state index contributed by atoms with van der Waals surface area (Å²) in [5.41, 5.74) is 0.809. The maximum Gasteiger partial charge on any atom is 0.119 e. The van der Waals surface area contributed by atoms with Gasteiger partial charge in [-0.05, 0) is 17.7 Å². The normalized spacial score (nSPS) is 12.2. The van der Waals surface area contributed by atoms with E-state index in [1.54, 1.807) is 14.2 Å². The fraction of sp³-hybridized carbons (Fsp3) is 0.533. The second-order valence-corrected chi connectivity index (χ2v) is 4.49. The molecule has 0 saturated carbocycles. The van der Waals surface area contributed by atoms with E-state index in [-0.39, 0.29) is 0 Å². The van der Waals surface area contributed by atoms with E-state index in [0.717, 1.165) is 11.3 Å². The molecule has 1 N–H and O–H groups in total. The first-order chi connectivity index (χ1) is 9.71. The van der Waals surface area contributed by atoms with Gasteiger partial charge >= 0.3 is 0 Å². The van der Waals surface area contributed by atoms with Crippen LogP contribution in [0.3, 0.4) is 0 Å². The van der Waals surface area contributed by atoms with Crippen molar-refractivity contribution in [3.63, 3.8) is 0 Å². The molecule has 0 spiro atoms. The number of methoxy groups -OCH3 is 2. The van der Waals surface area contributed by atoms with Crippen molar-refractivity contribution in [2.24, 2.45) is 0 Å². The molecule has 1 aromatic carbocycles. The Bertz CT molecular complexity index is 431. The van der Waals surface area contributed by atoms with Gasteiger partial charge in [0, 0.05) is 33.2 Å². The Morgan fingerprint density at radius 1 is 1.35 bits per heavy atom. The van der Waals surface area contributed by atoms with Crippen molar-refractivity contribution < 1.29 is 14.6 Å². The highest BCUT2D eigenvalue weighted by Crippen LogP contribution is 2.19. The van der Waals surface area contributed by atoms with Gasteiger partial charge in [0.2, 0.25) is 0 Å². The summed E-state index contributed by atoms with van der Waals surface area (Å²) in [4.78, 5) is 2.02. The van der Waals surface area contributed by atoms with Crippen LogP contribution in [0.2, 0.25) is 0 Å². The molecule has 1 rings (SSSR count). The zero-order chi connectivity index (χ0) is 14.8. The lowest BCUT2D eigenvalue weighted by Gasteiger charge is -2.24. The molecule has 1 aromatic rings. The van der Waals surface area contributed by atoms with Crippen LogP contribution in [0.25, 0.3) is 0 Å². The van der Waals surface area contributed by atoms with Crippen molar-refractivity contribution in [2.45, 2.75) is 12.5 Å². The summed E-state index contributed by atoms with van der Waals surface area (Å²) in [6, 6.07) is 9.51. The number of nitriles is 1. The van der Waals surface area contributed by atoms with Gasteiger partial charge < -0.3 is 14.6 Å². The van der Waals surface area contributed by atoms with Crippen LogP contribution in [0.5, 0.6) is 5.75 Å². The summed E-state index contributed by atoms with van der Waals surface area (Å²) < 4.78 is 10.2. The summed E-state index contributed by atoms with van der Waals surface area (Å²) in [5.74, 6) is 0.724. The molecule has 0 saturated heterocycles. The van der Waals surface area contributed by atoms with E-state index in [0.29, 0.717) is 32.7 Å². The molecule has 5 heteroatoms. The van der Waals surface area contributed by atoms with Gasteiger partial charge in [0.15, 0.2) is 0 Å². The Morgan fingerprint density at radius 2 is 2.15 bits per heavy atom. The predicted molar refractivity (Wildman–Crippen MR) is 76.5 cm³/mol. The van der Waals surface area contributed by atoms with Crippen LogP contribution in [0.4, 0.5) is 0 Å². The van der Waals surface area contributed by atoms with E-state index in [9.17, 15) is 5.11 Å². The minimum absolute atomic E-state index is 0.439. The average Bonchev–Trinajstić information content (AvgIpc) is 2.49. The van der Waals surface area contributed by atoms with E-state index in [1.165, 1.54) is 0 Å². The summed E-state index contributed by atoms with van der Waals surface area (Å²) in [6.45, 7) is 2.37. The molecule has 0 radical (unpaired) electrons. The minimum Gasteiger partial charge on any atom is -0.497 e. The quantitative estimate of drug-likeness (QED) is 0.743. The number of hydrogen-bond donors (Lipinski definition) is 1. The third kappa shape index (κ3) is 5.57. The molecule has 0 amide bonds. The third-order valence-corrected chi connectivity index (χ3v) is 3.06. The SMILES string of the molecule is COCCN(CCC#N)CC(O)c1cccc(OC)c1. The van der Waals surface area contributed by atoms with Gasteiger partial charge in [-0.25, -0.2) is 0 Å². The molecule has 0 fully saturated rings. The van der Waals surface area contributed by atoms with Gasteiger partial charge in [0.25, 0.3) is 0 Å². The first kappa shape index (κ1) is 16.4. The lowest BCUT2D eigenvalue weighted by Crippen LogP contribution is -2.32. The van der Waals surface area contributed by atoms with Gasteiger partial charge in [-0.2, -0.15) is 5.26 Å². The maximum absolute atomic E-state index is 10.3. The van der Waals surface area contributed by atoms with E-state index in [2.05, 4.69) is 6.07 Å². The number of aliphatic hydroxyl groups is 1. The highest BCUT2D eigenvalue weighted by molar-refractivity contribution is 5.29. The van der Waals surface area contributed by atoms with E-state index in [1.807, 2.05) is 29.2 Å². The molecule has 0 aromatic heterocycles. The second-order valence-electron chi connectivity index (χ2n) is 4.49. The number of ether oxygens (including phenoxy) is 2. The Kier molecular flexibility index (Phi) is 7.66. The summed E-state index contributed by atoms with van der Waals surface area (Å²) in [6.07, 6.45) is -0.171. The predicted octanol–water partition coefficient (Wildman–Crippen LogP) is 1.59. The fourth-order valence-electron chi connectivity index (χ4n) is 1.92. The van der Waals surface area contributed by atoms with Gasteiger partial charge in [-0.15, -0.1) is 0 Å². The molecule has 0 bridgehead atoms. The Morgan fingerprint density at radius 3 is 2.80 bits per heavy atom. The molecule has 0 aliphatic carbocycles. The third-order valence-electron chi connectivity index (χ3n) is 3.06. The first-order valence-corrected chi connectivity index (χ1v) is 6.61. The zero-order valence-corrected chi connectivity index (χ0v) is 12.1. The molecule has 5 nitrogen and oxygen atoms in total. The Balaban J connectivity index is 2.63. The molecule has 1 unspecified atom stereocenters. The van der Waals surface area contributed by atoms with Crippen LogP contribution in [-0.2, 0) is 4.74 Å². The van der Waals surface area contributed by atoms with Crippen LogP contribution in [0.1, 0.15) is 18.1 Å². The number of hydrogen-bond acceptors (Lipinski definition) is 5. The summed E-state index contributed by atoms with van der Waals surface area (Å²) in [5, 5.41) is 19.0. The van der Waals surface area contributed by atoms with Crippen molar-refractivity contribution >= 4 is 0 Å². The van der Waals surface area contributed by atoms with Crippen molar-refractivity contribution in [3.05, 3.63) is 29.8 Å². The largest absolute Gasteiger partial charge is 0.497 e. The molecule has 0 aliphatic heterocycles. The number of rotatable bonds is 9. The van der Waals surface area contributed by atoms with Crippen LogP contribution >= 0.6 is 0 Å². The Hall–Kier alpha value is -1.61. The van der Waals surface area contributed by atoms with Crippen LogP contribution in [0, 0.1) is 11.3 Å².